The van der Waals surface area contributed by atoms with Crippen molar-refractivity contribution in [1.82, 2.24) is 5.32 Å². The van der Waals surface area contributed by atoms with Crippen LogP contribution in [-0.2, 0) is 16.0 Å². The van der Waals surface area contributed by atoms with Crippen molar-refractivity contribution in [2.75, 3.05) is 14.2 Å². The van der Waals surface area contributed by atoms with Crippen LogP contribution in [0.2, 0.25) is 5.02 Å². The SMILES string of the molecule is COC(=O)[C@H](Cc1ccc(OC)c(Cl)c1)NC(=O)c1ccccc1. The van der Waals surface area contributed by atoms with Crippen molar-refractivity contribution in [2.24, 2.45) is 0 Å². The van der Waals surface area contributed by atoms with Crippen LogP contribution in [0.1, 0.15) is 15.9 Å². The predicted octanol–water partition coefficient (Wildman–Crippen LogP) is 2.86. The van der Waals surface area contributed by atoms with Crippen molar-refractivity contribution in [3.63, 3.8) is 0 Å². The van der Waals surface area contributed by atoms with Gasteiger partial charge >= 0.3 is 5.97 Å². The third kappa shape index (κ3) is 4.49. The van der Waals surface area contributed by atoms with Crippen LogP contribution in [0.4, 0.5) is 0 Å². The summed E-state index contributed by atoms with van der Waals surface area (Å²) in [6, 6.07) is 13.1. The van der Waals surface area contributed by atoms with E-state index in [9.17, 15) is 9.59 Å². The summed E-state index contributed by atoms with van der Waals surface area (Å²) < 4.78 is 9.89. The van der Waals surface area contributed by atoms with Gasteiger partial charge in [0.2, 0.25) is 0 Å². The molecule has 0 bridgehead atoms. The Labute approximate surface area is 145 Å². The summed E-state index contributed by atoms with van der Waals surface area (Å²) in [4.78, 5) is 24.3. The molecule has 0 fully saturated rings. The summed E-state index contributed by atoms with van der Waals surface area (Å²) in [5.74, 6) is -0.319. The Hall–Kier alpha value is -2.53. The number of ether oxygens (including phenoxy) is 2. The number of amides is 1. The van der Waals surface area contributed by atoms with Crippen molar-refractivity contribution in [1.29, 1.82) is 0 Å². The Morgan fingerprint density at radius 1 is 1.12 bits per heavy atom. The molecule has 0 saturated heterocycles. The molecule has 2 aromatic carbocycles. The number of carbonyl (C=O) groups excluding carboxylic acids is 2. The van der Waals surface area contributed by atoms with Crippen LogP contribution in [0, 0.1) is 0 Å². The van der Waals surface area contributed by atoms with E-state index in [1.165, 1.54) is 14.2 Å². The quantitative estimate of drug-likeness (QED) is 0.816. The van der Waals surface area contributed by atoms with Gasteiger partial charge < -0.3 is 14.8 Å². The molecule has 2 aromatic rings. The van der Waals surface area contributed by atoms with Crippen LogP contribution in [0.3, 0.4) is 0 Å². The molecule has 0 aliphatic heterocycles. The van der Waals surface area contributed by atoms with Gasteiger partial charge in [0.25, 0.3) is 5.91 Å². The highest BCUT2D eigenvalue weighted by atomic mass is 35.5. The minimum atomic E-state index is -0.813. The first kappa shape index (κ1) is 17.8. The maximum Gasteiger partial charge on any atom is 0.328 e. The van der Waals surface area contributed by atoms with Crippen molar-refractivity contribution < 1.29 is 19.1 Å². The maximum absolute atomic E-state index is 12.3. The zero-order chi connectivity index (χ0) is 17.5. The fourth-order valence-electron chi connectivity index (χ4n) is 2.24. The van der Waals surface area contributed by atoms with Crippen LogP contribution in [0.15, 0.2) is 48.5 Å². The molecule has 0 heterocycles. The summed E-state index contributed by atoms with van der Waals surface area (Å²) in [5.41, 5.74) is 1.25. The summed E-state index contributed by atoms with van der Waals surface area (Å²) in [6.45, 7) is 0. The lowest BCUT2D eigenvalue weighted by molar-refractivity contribution is -0.142. The maximum atomic E-state index is 12.3. The lowest BCUT2D eigenvalue weighted by Crippen LogP contribution is -2.43. The van der Waals surface area contributed by atoms with Crippen LogP contribution in [-0.4, -0.2) is 32.1 Å². The van der Waals surface area contributed by atoms with Gasteiger partial charge in [-0.25, -0.2) is 4.79 Å². The van der Waals surface area contributed by atoms with E-state index in [4.69, 9.17) is 21.1 Å². The minimum absolute atomic E-state index is 0.259. The molecule has 0 aromatic heterocycles. The molecule has 0 unspecified atom stereocenters. The molecule has 5 nitrogen and oxygen atoms in total. The van der Waals surface area contributed by atoms with Crippen LogP contribution in [0.25, 0.3) is 0 Å². The normalized spacial score (nSPS) is 11.5. The fourth-order valence-corrected chi connectivity index (χ4v) is 2.52. The van der Waals surface area contributed by atoms with E-state index in [0.717, 1.165) is 5.56 Å². The molecule has 1 amide bonds. The number of esters is 1. The van der Waals surface area contributed by atoms with E-state index in [2.05, 4.69) is 5.32 Å². The number of hydrogen-bond donors (Lipinski definition) is 1. The lowest BCUT2D eigenvalue weighted by atomic mass is 10.0. The molecule has 126 valence electrons. The Morgan fingerprint density at radius 3 is 2.42 bits per heavy atom. The molecule has 1 N–H and O–H groups in total. The van der Waals surface area contributed by atoms with Crippen LogP contribution >= 0.6 is 11.6 Å². The monoisotopic (exact) mass is 347 g/mol. The number of benzene rings is 2. The topological polar surface area (TPSA) is 64.6 Å². The van der Waals surface area contributed by atoms with Gasteiger partial charge in [-0.05, 0) is 29.8 Å². The minimum Gasteiger partial charge on any atom is -0.495 e. The third-order valence-electron chi connectivity index (χ3n) is 3.48. The zero-order valence-corrected chi connectivity index (χ0v) is 14.2. The first-order chi connectivity index (χ1) is 11.5. The molecular weight excluding hydrogens is 330 g/mol. The van der Waals surface area contributed by atoms with Crippen molar-refractivity contribution in [3.05, 3.63) is 64.7 Å². The lowest BCUT2D eigenvalue weighted by Gasteiger charge is -2.17. The highest BCUT2D eigenvalue weighted by molar-refractivity contribution is 6.32. The van der Waals surface area contributed by atoms with Gasteiger partial charge in [0, 0.05) is 12.0 Å². The summed E-state index contributed by atoms with van der Waals surface area (Å²) in [6.07, 6.45) is 0.259. The van der Waals surface area contributed by atoms with Gasteiger partial charge in [-0.3, -0.25) is 4.79 Å². The number of methoxy groups -OCH3 is 2. The summed E-state index contributed by atoms with van der Waals surface area (Å²) in [5, 5.41) is 3.13. The zero-order valence-electron chi connectivity index (χ0n) is 13.4. The first-order valence-corrected chi connectivity index (χ1v) is 7.69. The Kier molecular flexibility index (Phi) is 6.21. The molecule has 0 spiro atoms. The standard InChI is InChI=1S/C18H18ClNO4/c1-23-16-9-8-12(10-14(16)19)11-15(18(22)24-2)20-17(21)13-6-4-3-5-7-13/h3-10,15H,11H2,1-2H3,(H,20,21)/t15-/m0/s1. The van der Waals surface area contributed by atoms with E-state index in [0.29, 0.717) is 16.3 Å². The molecule has 0 saturated carbocycles. The Morgan fingerprint density at radius 2 is 1.83 bits per heavy atom. The largest absolute Gasteiger partial charge is 0.495 e. The van der Waals surface area contributed by atoms with Crippen LogP contribution < -0.4 is 10.1 Å². The molecule has 24 heavy (non-hydrogen) atoms. The van der Waals surface area contributed by atoms with Crippen LogP contribution in [0.5, 0.6) is 5.75 Å². The number of hydrogen-bond acceptors (Lipinski definition) is 4. The number of halogens is 1. The molecular formula is C18H18ClNO4. The molecule has 2 rings (SSSR count). The van der Waals surface area contributed by atoms with Crippen molar-refractivity contribution in [3.8, 4) is 5.75 Å². The number of nitrogens with one attached hydrogen (secondary N) is 1. The highest BCUT2D eigenvalue weighted by Gasteiger charge is 2.23. The van der Waals surface area contributed by atoms with Gasteiger partial charge in [-0.2, -0.15) is 0 Å². The summed E-state index contributed by atoms with van der Waals surface area (Å²) >= 11 is 6.10. The predicted molar refractivity (Wildman–Crippen MR) is 91.4 cm³/mol. The molecule has 1 atom stereocenters. The average molecular weight is 348 g/mol. The second-order valence-corrected chi connectivity index (χ2v) is 5.50. The number of carbonyl (C=O) groups is 2. The highest BCUT2D eigenvalue weighted by Crippen LogP contribution is 2.25. The molecule has 6 heteroatoms. The van der Waals surface area contributed by atoms with E-state index in [-0.39, 0.29) is 12.3 Å². The van der Waals surface area contributed by atoms with E-state index < -0.39 is 12.0 Å². The van der Waals surface area contributed by atoms with Crippen molar-refractivity contribution in [2.45, 2.75) is 12.5 Å². The molecule has 0 radical (unpaired) electrons. The molecule has 0 aliphatic rings. The average Bonchev–Trinajstić information content (AvgIpc) is 2.61. The third-order valence-corrected chi connectivity index (χ3v) is 3.78. The number of rotatable bonds is 6. The fraction of sp³-hybridized carbons (Fsp3) is 0.222. The summed E-state index contributed by atoms with van der Waals surface area (Å²) in [7, 11) is 2.81. The van der Waals surface area contributed by atoms with Gasteiger partial charge in [0.15, 0.2) is 0 Å². The Balaban J connectivity index is 2.15. The second kappa shape index (κ2) is 8.36. The van der Waals surface area contributed by atoms with Gasteiger partial charge in [0.1, 0.15) is 11.8 Å². The van der Waals surface area contributed by atoms with E-state index >= 15 is 0 Å². The van der Waals surface area contributed by atoms with Gasteiger partial charge in [0.05, 0.1) is 19.2 Å². The van der Waals surface area contributed by atoms with E-state index in [1.807, 2.05) is 6.07 Å². The second-order valence-electron chi connectivity index (χ2n) is 5.09. The first-order valence-electron chi connectivity index (χ1n) is 7.31. The van der Waals surface area contributed by atoms with Gasteiger partial charge in [-0.1, -0.05) is 35.9 Å². The Bertz CT molecular complexity index is 718. The van der Waals surface area contributed by atoms with E-state index in [1.54, 1.807) is 42.5 Å². The van der Waals surface area contributed by atoms with Gasteiger partial charge in [-0.15, -0.1) is 0 Å². The van der Waals surface area contributed by atoms with Crippen molar-refractivity contribution >= 4 is 23.5 Å². The smallest absolute Gasteiger partial charge is 0.328 e. The molecule has 0 aliphatic carbocycles.